The smallest absolute Gasteiger partial charge is 0.326 e. The van der Waals surface area contributed by atoms with E-state index in [1.807, 2.05) is 0 Å². The van der Waals surface area contributed by atoms with Crippen LogP contribution in [-0.4, -0.2) is 75.1 Å². The zero-order valence-corrected chi connectivity index (χ0v) is 17.6. The highest BCUT2D eigenvalue weighted by molar-refractivity contribution is 5.94. The highest BCUT2D eigenvalue weighted by Gasteiger charge is 2.31. The Bertz CT molecular complexity index is 698. The standard InChI is InChI=1S/C18H30N4O9/c1-4-8(2)14(18(30)31)22-17(29)11(5-6-12(23)24)21-15(27)9(3)20-16(28)10(19)7-13(25)26/h8-11,14H,4-7,19H2,1-3H3,(H,20,28)(H,21,27)(H,22,29)(H,23,24)(H,25,26)(H,30,31). The summed E-state index contributed by atoms with van der Waals surface area (Å²) >= 11 is 0. The summed E-state index contributed by atoms with van der Waals surface area (Å²) in [5.74, 6) is -6.89. The van der Waals surface area contributed by atoms with Gasteiger partial charge in [-0.15, -0.1) is 0 Å². The number of carbonyl (C=O) groups is 6. The highest BCUT2D eigenvalue weighted by Crippen LogP contribution is 2.09. The van der Waals surface area contributed by atoms with Crippen LogP contribution in [-0.2, 0) is 28.8 Å². The topological polar surface area (TPSA) is 225 Å². The molecule has 0 saturated carbocycles. The lowest BCUT2D eigenvalue weighted by Gasteiger charge is -2.25. The number of amides is 3. The number of rotatable bonds is 14. The average Bonchev–Trinajstić information content (AvgIpc) is 2.66. The Kier molecular flexibility index (Phi) is 11.8. The van der Waals surface area contributed by atoms with Crippen LogP contribution < -0.4 is 21.7 Å². The van der Waals surface area contributed by atoms with Crippen molar-refractivity contribution in [2.24, 2.45) is 11.7 Å². The van der Waals surface area contributed by atoms with E-state index in [0.717, 1.165) is 0 Å². The SMILES string of the molecule is CCC(C)C(NC(=O)C(CCC(=O)O)NC(=O)C(C)NC(=O)C(N)CC(=O)O)C(=O)O. The van der Waals surface area contributed by atoms with Gasteiger partial charge in [-0.3, -0.25) is 24.0 Å². The van der Waals surface area contributed by atoms with Gasteiger partial charge >= 0.3 is 17.9 Å². The summed E-state index contributed by atoms with van der Waals surface area (Å²) in [5, 5.41) is 33.6. The van der Waals surface area contributed by atoms with Gasteiger partial charge in [-0.1, -0.05) is 20.3 Å². The maximum absolute atomic E-state index is 12.5. The van der Waals surface area contributed by atoms with Crippen molar-refractivity contribution < 1.29 is 44.1 Å². The van der Waals surface area contributed by atoms with E-state index in [9.17, 15) is 33.9 Å². The lowest BCUT2D eigenvalue weighted by atomic mass is 9.98. The molecule has 31 heavy (non-hydrogen) atoms. The van der Waals surface area contributed by atoms with Crippen molar-refractivity contribution in [3.05, 3.63) is 0 Å². The predicted octanol–water partition coefficient (Wildman–Crippen LogP) is -1.74. The fourth-order valence-electron chi connectivity index (χ4n) is 2.44. The van der Waals surface area contributed by atoms with Gasteiger partial charge in [-0.05, 0) is 19.3 Å². The second-order valence-electron chi connectivity index (χ2n) is 7.14. The van der Waals surface area contributed by atoms with Crippen molar-refractivity contribution in [1.29, 1.82) is 0 Å². The normalized spacial score (nSPS) is 15.5. The molecular formula is C18H30N4O9. The van der Waals surface area contributed by atoms with E-state index < -0.39 is 78.6 Å². The van der Waals surface area contributed by atoms with Crippen LogP contribution in [0.5, 0.6) is 0 Å². The molecular weight excluding hydrogens is 416 g/mol. The first-order valence-electron chi connectivity index (χ1n) is 9.63. The molecule has 5 atom stereocenters. The average molecular weight is 446 g/mol. The van der Waals surface area contributed by atoms with Crippen molar-refractivity contribution in [2.75, 3.05) is 0 Å². The van der Waals surface area contributed by atoms with Crippen molar-refractivity contribution in [3.63, 3.8) is 0 Å². The van der Waals surface area contributed by atoms with Crippen LogP contribution in [0.15, 0.2) is 0 Å². The Morgan fingerprint density at radius 3 is 1.87 bits per heavy atom. The number of carbonyl (C=O) groups excluding carboxylic acids is 3. The summed E-state index contributed by atoms with van der Waals surface area (Å²) in [6.45, 7) is 4.60. The molecule has 0 spiro atoms. The summed E-state index contributed by atoms with van der Waals surface area (Å²) in [5.41, 5.74) is 5.41. The van der Waals surface area contributed by atoms with Crippen LogP contribution in [0.4, 0.5) is 0 Å². The Balaban J connectivity index is 5.23. The molecule has 176 valence electrons. The molecule has 0 fully saturated rings. The van der Waals surface area contributed by atoms with E-state index in [-0.39, 0.29) is 6.42 Å². The van der Waals surface area contributed by atoms with Crippen LogP contribution in [0, 0.1) is 5.92 Å². The summed E-state index contributed by atoms with van der Waals surface area (Å²) in [7, 11) is 0. The van der Waals surface area contributed by atoms with Crippen LogP contribution in [0.2, 0.25) is 0 Å². The minimum atomic E-state index is -1.40. The number of nitrogens with one attached hydrogen (secondary N) is 3. The minimum absolute atomic E-state index is 0.320. The van der Waals surface area contributed by atoms with Crippen LogP contribution in [0.1, 0.15) is 46.5 Å². The molecule has 0 rings (SSSR count). The van der Waals surface area contributed by atoms with E-state index in [2.05, 4.69) is 16.0 Å². The van der Waals surface area contributed by atoms with Crippen LogP contribution in [0.3, 0.4) is 0 Å². The molecule has 0 aromatic carbocycles. The maximum Gasteiger partial charge on any atom is 0.326 e. The molecule has 0 aromatic heterocycles. The predicted molar refractivity (Wildman–Crippen MR) is 106 cm³/mol. The number of aliphatic carboxylic acids is 3. The lowest BCUT2D eigenvalue weighted by molar-refractivity contribution is -0.144. The van der Waals surface area contributed by atoms with Crippen molar-refractivity contribution in [1.82, 2.24) is 16.0 Å². The fourth-order valence-corrected chi connectivity index (χ4v) is 2.44. The monoisotopic (exact) mass is 446 g/mol. The Hall–Kier alpha value is -3.22. The van der Waals surface area contributed by atoms with Crippen LogP contribution in [0.25, 0.3) is 0 Å². The molecule has 0 radical (unpaired) electrons. The minimum Gasteiger partial charge on any atom is -0.481 e. The molecule has 0 aliphatic rings. The summed E-state index contributed by atoms with van der Waals surface area (Å²) in [4.78, 5) is 69.7. The third-order valence-corrected chi connectivity index (χ3v) is 4.54. The number of carboxylic acid groups (broad SMARTS) is 3. The molecule has 0 saturated heterocycles. The molecule has 0 aliphatic carbocycles. The van der Waals surface area contributed by atoms with Gasteiger partial charge in [-0.25, -0.2) is 4.79 Å². The first kappa shape index (κ1) is 27.8. The van der Waals surface area contributed by atoms with Gasteiger partial charge < -0.3 is 37.0 Å². The second kappa shape index (κ2) is 13.2. The second-order valence-corrected chi connectivity index (χ2v) is 7.14. The summed E-state index contributed by atoms with van der Waals surface area (Å²) in [6, 6.07) is -5.24. The Morgan fingerprint density at radius 1 is 0.839 bits per heavy atom. The molecule has 0 heterocycles. The quantitative estimate of drug-likeness (QED) is 0.159. The first-order valence-corrected chi connectivity index (χ1v) is 9.63. The zero-order chi connectivity index (χ0) is 24.3. The van der Waals surface area contributed by atoms with Crippen molar-refractivity contribution >= 4 is 35.6 Å². The Morgan fingerprint density at radius 2 is 1.42 bits per heavy atom. The number of hydrogen-bond donors (Lipinski definition) is 7. The molecule has 0 bridgehead atoms. The number of nitrogens with two attached hydrogens (primary N) is 1. The van der Waals surface area contributed by atoms with Gasteiger partial charge in [0.2, 0.25) is 17.7 Å². The van der Waals surface area contributed by atoms with Crippen LogP contribution >= 0.6 is 0 Å². The van der Waals surface area contributed by atoms with E-state index in [4.69, 9.17) is 15.9 Å². The van der Waals surface area contributed by atoms with Gasteiger partial charge in [0.25, 0.3) is 0 Å². The molecule has 0 aliphatic heterocycles. The van der Waals surface area contributed by atoms with E-state index in [1.165, 1.54) is 6.92 Å². The third-order valence-electron chi connectivity index (χ3n) is 4.54. The Labute approximate surface area is 178 Å². The van der Waals surface area contributed by atoms with E-state index in [1.54, 1.807) is 13.8 Å². The number of carboxylic acids is 3. The third kappa shape index (κ3) is 10.4. The summed E-state index contributed by atoms with van der Waals surface area (Å²) < 4.78 is 0. The molecule has 13 heteroatoms. The fraction of sp³-hybridized carbons (Fsp3) is 0.667. The van der Waals surface area contributed by atoms with Gasteiger partial charge in [0.15, 0.2) is 0 Å². The molecule has 13 nitrogen and oxygen atoms in total. The van der Waals surface area contributed by atoms with Gasteiger partial charge in [-0.2, -0.15) is 0 Å². The zero-order valence-electron chi connectivity index (χ0n) is 17.6. The summed E-state index contributed by atoms with van der Waals surface area (Å²) in [6.07, 6.45) is -1.01. The first-order chi connectivity index (χ1) is 14.3. The van der Waals surface area contributed by atoms with Gasteiger partial charge in [0, 0.05) is 6.42 Å². The van der Waals surface area contributed by atoms with Gasteiger partial charge in [0.1, 0.15) is 18.1 Å². The van der Waals surface area contributed by atoms with Crippen molar-refractivity contribution in [2.45, 2.75) is 70.6 Å². The molecule has 3 amide bonds. The largest absolute Gasteiger partial charge is 0.481 e. The molecule has 5 unspecified atom stereocenters. The lowest BCUT2D eigenvalue weighted by Crippen LogP contribution is -2.57. The highest BCUT2D eigenvalue weighted by atomic mass is 16.4. The van der Waals surface area contributed by atoms with Crippen molar-refractivity contribution in [3.8, 4) is 0 Å². The van der Waals surface area contributed by atoms with E-state index in [0.29, 0.717) is 6.42 Å². The molecule has 0 aromatic rings. The van der Waals surface area contributed by atoms with E-state index >= 15 is 0 Å². The molecule has 8 N–H and O–H groups in total. The maximum atomic E-state index is 12.5. The van der Waals surface area contributed by atoms with Gasteiger partial charge in [0.05, 0.1) is 12.5 Å². The number of hydrogen-bond acceptors (Lipinski definition) is 7.